The van der Waals surface area contributed by atoms with Gasteiger partial charge in [-0.3, -0.25) is 14.5 Å². The molecule has 2 aliphatic heterocycles. The van der Waals surface area contributed by atoms with Gasteiger partial charge in [0, 0.05) is 29.8 Å². The lowest BCUT2D eigenvalue weighted by molar-refractivity contribution is -0.134. The highest BCUT2D eigenvalue weighted by Crippen LogP contribution is 2.51. The number of hydrogen-bond acceptors (Lipinski definition) is 7. The summed E-state index contributed by atoms with van der Waals surface area (Å²) in [6, 6.07) is 21.2. The average Bonchev–Trinajstić information content (AvgIpc) is 3.38. The zero-order valence-electron chi connectivity index (χ0n) is 23.9. The maximum Gasteiger partial charge on any atom is 0.242 e. The van der Waals surface area contributed by atoms with E-state index in [4.69, 9.17) is 19.3 Å². The first-order valence-corrected chi connectivity index (χ1v) is 15.0. The topological polar surface area (TPSA) is 86.1 Å². The number of hydrogen-bond donors (Lipinski definition) is 0. The molecule has 0 unspecified atom stereocenters. The lowest BCUT2D eigenvalue weighted by Gasteiger charge is -2.30. The summed E-state index contributed by atoms with van der Waals surface area (Å²) in [6.45, 7) is 1.64. The molecular formula is C32H31FN4O5S. The van der Waals surface area contributed by atoms with E-state index in [1.807, 2.05) is 48.5 Å². The Hall–Kier alpha value is -4.35. The lowest BCUT2D eigenvalue weighted by atomic mass is 9.98. The molecule has 6 rings (SSSR count). The van der Waals surface area contributed by atoms with Gasteiger partial charge in [0.1, 0.15) is 29.7 Å². The van der Waals surface area contributed by atoms with Crippen LogP contribution < -0.4 is 14.4 Å². The molecule has 1 fully saturated rings. The van der Waals surface area contributed by atoms with Crippen LogP contribution >= 0.6 is 11.8 Å². The molecule has 9 nitrogen and oxygen atoms in total. The van der Waals surface area contributed by atoms with Crippen molar-refractivity contribution in [3.63, 3.8) is 0 Å². The normalized spacial score (nSPS) is 16.9. The summed E-state index contributed by atoms with van der Waals surface area (Å²) >= 11 is 1.44. The van der Waals surface area contributed by atoms with Crippen molar-refractivity contribution in [1.82, 2.24) is 14.7 Å². The fourth-order valence-corrected chi connectivity index (χ4v) is 6.64. The SMILES string of the molecule is COc1ccc(OC)c([C@@H]2SCC(=O)N(CC(=O)N3CCOCC3)c3c2c(-c2ccccc2)nn3-c2ccc(F)cc2)c1. The van der Waals surface area contributed by atoms with Gasteiger partial charge in [-0.2, -0.15) is 5.10 Å². The number of carbonyl (C=O) groups excluding carboxylic acids is 2. The standard InChI is InChI=1S/C32H31FN4O5S/c1-40-24-12-13-26(41-2)25(18-24)31-29-30(21-6-4-3-5-7-21)34-37(23-10-8-22(33)9-11-23)32(29)36(28(39)20-43-31)19-27(38)35-14-16-42-17-15-35/h3-13,18,31H,14-17,19-20H2,1-2H3/t31-/m0/s1. The second-order valence-corrected chi connectivity index (χ2v) is 11.2. The van der Waals surface area contributed by atoms with Gasteiger partial charge in [0.2, 0.25) is 11.8 Å². The number of amides is 2. The third-order valence-electron chi connectivity index (χ3n) is 7.58. The van der Waals surface area contributed by atoms with Crippen molar-refractivity contribution in [3.05, 3.63) is 89.7 Å². The fraction of sp³-hybridized carbons (Fsp3) is 0.281. The molecule has 0 saturated carbocycles. The summed E-state index contributed by atoms with van der Waals surface area (Å²) in [4.78, 5) is 30.8. The monoisotopic (exact) mass is 602 g/mol. The van der Waals surface area contributed by atoms with E-state index >= 15 is 0 Å². The summed E-state index contributed by atoms with van der Waals surface area (Å²) in [5, 5.41) is 4.63. The van der Waals surface area contributed by atoms with Crippen LogP contribution in [-0.4, -0.2) is 79.3 Å². The first kappa shape index (κ1) is 28.8. The Labute approximate surface area is 253 Å². The molecule has 11 heteroatoms. The molecule has 3 aromatic carbocycles. The molecule has 0 spiro atoms. The fourth-order valence-electron chi connectivity index (χ4n) is 5.43. The molecule has 1 saturated heterocycles. The summed E-state index contributed by atoms with van der Waals surface area (Å²) in [5.41, 5.74) is 3.58. The molecule has 3 heterocycles. The van der Waals surface area contributed by atoms with Crippen molar-refractivity contribution in [2.45, 2.75) is 5.25 Å². The zero-order chi connectivity index (χ0) is 29.9. The number of nitrogens with zero attached hydrogens (tertiary/aromatic N) is 4. The van der Waals surface area contributed by atoms with Crippen LogP contribution in [0.3, 0.4) is 0 Å². The first-order valence-electron chi connectivity index (χ1n) is 13.9. The number of benzene rings is 3. The number of carbonyl (C=O) groups is 2. The van der Waals surface area contributed by atoms with Crippen LogP contribution in [0.1, 0.15) is 16.4 Å². The van der Waals surface area contributed by atoms with Gasteiger partial charge in [0.05, 0.1) is 49.8 Å². The van der Waals surface area contributed by atoms with Gasteiger partial charge in [-0.25, -0.2) is 9.07 Å². The molecular weight excluding hydrogens is 571 g/mol. The molecule has 2 amide bonds. The maximum absolute atomic E-state index is 14.0. The van der Waals surface area contributed by atoms with E-state index in [1.54, 1.807) is 35.9 Å². The third kappa shape index (κ3) is 5.70. The number of rotatable bonds is 7. The summed E-state index contributed by atoms with van der Waals surface area (Å²) < 4.78 is 32.5. The van der Waals surface area contributed by atoms with E-state index in [-0.39, 0.29) is 24.1 Å². The number of morpholine rings is 1. The second-order valence-electron chi connectivity index (χ2n) is 10.1. The number of halogens is 1. The largest absolute Gasteiger partial charge is 0.497 e. The molecule has 4 aromatic rings. The van der Waals surface area contributed by atoms with Crippen LogP contribution in [0.25, 0.3) is 16.9 Å². The van der Waals surface area contributed by atoms with E-state index in [1.165, 1.54) is 28.8 Å². The predicted molar refractivity (Wildman–Crippen MR) is 163 cm³/mol. The Kier molecular flexibility index (Phi) is 8.35. The predicted octanol–water partition coefficient (Wildman–Crippen LogP) is 4.72. The van der Waals surface area contributed by atoms with Gasteiger partial charge in [0.15, 0.2) is 0 Å². The van der Waals surface area contributed by atoms with Crippen molar-refractivity contribution >= 4 is 29.4 Å². The van der Waals surface area contributed by atoms with Crippen LogP contribution in [0.2, 0.25) is 0 Å². The number of thioether (sulfide) groups is 1. The number of anilines is 1. The highest BCUT2D eigenvalue weighted by Gasteiger charge is 2.39. The van der Waals surface area contributed by atoms with Gasteiger partial charge in [0.25, 0.3) is 0 Å². The molecule has 43 heavy (non-hydrogen) atoms. The zero-order valence-corrected chi connectivity index (χ0v) is 24.7. The van der Waals surface area contributed by atoms with Gasteiger partial charge >= 0.3 is 0 Å². The molecule has 0 N–H and O–H groups in total. The van der Waals surface area contributed by atoms with Crippen molar-refractivity contribution in [1.29, 1.82) is 0 Å². The van der Waals surface area contributed by atoms with Crippen molar-refractivity contribution in [2.75, 3.05) is 57.7 Å². The third-order valence-corrected chi connectivity index (χ3v) is 8.82. The van der Waals surface area contributed by atoms with Gasteiger partial charge in [-0.1, -0.05) is 30.3 Å². The Balaban J connectivity index is 1.61. The van der Waals surface area contributed by atoms with Crippen LogP contribution in [0.5, 0.6) is 11.5 Å². The van der Waals surface area contributed by atoms with E-state index < -0.39 is 11.1 Å². The highest BCUT2D eigenvalue weighted by molar-refractivity contribution is 8.00. The second kappa shape index (κ2) is 12.5. The van der Waals surface area contributed by atoms with Crippen molar-refractivity contribution in [3.8, 4) is 28.4 Å². The van der Waals surface area contributed by atoms with E-state index in [0.29, 0.717) is 55.0 Å². The van der Waals surface area contributed by atoms with Gasteiger partial charge in [-0.05, 0) is 42.5 Å². The number of fused-ring (bicyclic) bond motifs is 1. The average molecular weight is 603 g/mol. The summed E-state index contributed by atoms with van der Waals surface area (Å²) in [6.07, 6.45) is 0. The van der Waals surface area contributed by atoms with E-state index in [2.05, 4.69) is 0 Å². The number of aromatic nitrogens is 2. The molecule has 2 aliphatic rings. The van der Waals surface area contributed by atoms with Gasteiger partial charge in [-0.15, -0.1) is 11.8 Å². The lowest BCUT2D eigenvalue weighted by Crippen LogP contribution is -2.48. The quantitative estimate of drug-likeness (QED) is 0.303. The van der Waals surface area contributed by atoms with E-state index in [9.17, 15) is 14.0 Å². The van der Waals surface area contributed by atoms with Crippen LogP contribution in [0.4, 0.5) is 10.2 Å². The summed E-state index contributed by atoms with van der Waals surface area (Å²) in [7, 11) is 3.20. The highest BCUT2D eigenvalue weighted by atomic mass is 32.2. The molecule has 1 atom stereocenters. The number of methoxy groups -OCH3 is 2. The van der Waals surface area contributed by atoms with E-state index in [0.717, 1.165) is 16.7 Å². The maximum atomic E-state index is 14.0. The Morgan fingerprint density at radius 2 is 1.77 bits per heavy atom. The minimum Gasteiger partial charge on any atom is -0.497 e. The minimum atomic E-state index is -0.420. The minimum absolute atomic E-state index is 0.105. The Morgan fingerprint density at radius 1 is 1.02 bits per heavy atom. The van der Waals surface area contributed by atoms with Crippen LogP contribution in [-0.2, 0) is 14.3 Å². The smallest absolute Gasteiger partial charge is 0.242 e. The van der Waals surface area contributed by atoms with Gasteiger partial charge < -0.3 is 19.1 Å². The number of ether oxygens (including phenoxy) is 3. The Morgan fingerprint density at radius 3 is 2.47 bits per heavy atom. The van der Waals surface area contributed by atoms with Crippen molar-refractivity contribution in [2.24, 2.45) is 0 Å². The molecule has 222 valence electrons. The molecule has 0 bridgehead atoms. The molecule has 0 aliphatic carbocycles. The summed E-state index contributed by atoms with van der Waals surface area (Å²) in [5.74, 6) is 1.02. The van der Waals surface area contributed by atoms with Crippen LogP contribution in [0, 0.1) is 5.82 Å². The van der Waals surface area contributed by atoms with Crippen LogP contribution in [0.15, 0.2) is 72.8 Å². The van der Waals surface area contributed by atoms with Crippen molar-refractivity contribution < 1.29 is 28.2 Å². The molecule has 1 aromatic heterocycles. The first-order chi connectivity index (χ1) is 21.0. The molecule has 0 radical (unpaired) electrons. The Bertz CT molecular complexity index is 1620.